The third-order valence-corrected chi connectivity index (χ3v) is 6.24. The Balaban J connectivity index is 1.78. The number of aliphatic carboxylic acids is 1. The first-order valence-electron chi connectivity index (χ1n) is 9.09. The number of carboxylic acids is 1. The second-order valence-corrected chi connectivity index (χ2v) is 8.29. The van der Waals surface area contributed by atoms with Crippen molar-refractivity contribution in [2.24, 2.45) is 0 Å². The molecule has 1 fully saturated rings. The third kappa shape index (κ3) is 6.60. The van der Waals surface area contributed by atoms with Crippen LogP contribution in [-0.4, -0.2) is 62.6 Å². The fourth-order valence-corrected chi connectivity index (χ4v) is 4.18. The standard InChI is InChI=1S/C18H26N2O6S/c21-17(22)5-3-1-2-4-10-19-18(23)15-6-8-16(9-7-15)27(24,25)20-11-13-26-14-12-20/h6-9H,1-5,10-14H2,(H,19,23)(H,21,22). The maximum Gasteiger partial charge on any atom is 0.303 e. The number of unbranched alkanes of at least 4 members (excludes halogenated alkanes) is 3. The van der Waals surface area contributed by atoms with Crippen LogP contribution in [0.3, 0.4) is 0 Å². The van der Waals surface area contributed by atoms with Crippen LogP contribution >= 0.6 is 0 Å². The van der Waals surface area contributed by atoms with E-state index in [1.165, 1.54) is 28.6 Å². The number of carboxylic acid groups (broad SMARTS) is 1. The van der Waals surface area contributed by atoms with Gasteiger partial charge < -0.3 is 15.2 Å². The average Bonchev–Trinajstić information content (AvgIpc) is 2.67. The summed E-state index contributed by atoms with van der Waals surface area (Å²) in [5.41, 5.74) is 0.404. The van der Waals surface area contributed by atoms with Gasteiger partial charge in [-0.15, -0.1) is 0 Å². The molecule has 0 atom stereocenters. The van der Waals surface area contributed by atoms with Crippen molar-refractivity contribution in [2.45, 2.75) is 37.0 Å². The number of morpholine rings is 1. The van der Waals surface area contributed by atoms with Crippen molar-refractivity contribution in [3.05, 3.63) is 29.8 Å². The van der Waals surface area contributed by atoms with E-state index in [1.807, 2.05) is 0 Å². The fraction of sp³-hybridized carbons (Fsp3) is 0.556. The molecule has 1 aliphatic heterocycles. The summed E-state index contributed by atoms with van der Waals surface area (Å²) in [5, 5.41) is 11.3. The second-order valence-electron chi connectivity index (χ2n) is 6.35. The Bertz CT molecular complexity index is 727. The number of ether oxygens (including phenoxy) is 1. The van der Waals surface area contributed by atoms with Gasteiger partial charge in [-0.05, 0) is 37.1 Å². The quantitative estimate of drug-likeness (QED) is 0.577. The minimum absolute atomic E-state index is 0.166. The van der Waals surface area contributed by atoms with Crippen LogP contribution < -0.4 is 5.32 Å². The number of nitrogens with zero attached hydrogens (tertiary/aromatic N) is 1. The van der Waals surface area contributed by atoms with Crippen molar-refractivity contribution >= 4 is 21.9 Å². The van der Waals surface area contributed by atoms with Crippen LogP contribution in [0, 0.1) is 0 Å². The largest absolute Gasteiger partial charge is 0.481 e. The Labute approximate surface area is 159 Å². The second kappa shape index (κ2) is 10.4. The van der Waals surface area contributed by atoms with Crippen molar-refractivity contribution in [2.75, 3.05) is 32.8 Å². The van der Waals surface area contributed by atoms with Crippen LogP contribution in [0.5, 0.6) is 0 Å². The summed E-state index contributed by atoms with van der Waals surface area (Å²) in [6, 6.07) is 5.92. The highest BCUT2D eigenvalue weighted by atomic mass is 32.2. The lowest BCUT2D eigenvalue weighted by Gasteiger charge is -2.26. The van der Waals surface area contributed by atoms with Gasteiger partial charge in [0.15, 0.2) is 0 Å². The van der Waals surface area contributed by atoms with E-state index >= 15 is 0 Å². The van der Waals surface area contributed by atoms with Gasteiger partial charge in [0.2, 0.25) is 10.0 Å². The number of benzene rings is 1. The Hall–Kier alpha value is -1.97. The normalized spacial score (nSPS) is 15.4. The number of carbonyl (C=O) groups excluding carboxylic acids is 1. The highest BCUT2D eigenvalue weighted by molar-refractivity contribution is 7.89. The van der Waals surface area contributed by atoms with Crippen LogP contribution in [0.25, 0.3) is 0 Å². The van der Waals surface area contributed by atoms with Gasteiger partial charge in [0.05, 0.1) is 18.1 Å². The molecule has 0 bridgehead atoms. The average molecular weight is 398 g/mol. The Morgan fingerprint density at radius 1 is 1.04 bits per heavy atom. The summed E-state index contributed by atoms with van der Waals surface area (Å²) in [6.45, 7) is 1.93. The summed E-state index contributed by atoms with van der Waals surface area (Å²) >= 11 is 0. The van der Waals surface area contributed by atoms with Gasteiger partial charge in [-0.2, -0.15) is 4.31 Å². The van der Waals surface area contributed by atoms with Crippen molar-refractivity contribution in [3.63, 3.8) is 0 Å². The van der Waals surface area contributed by atoms with E-state index in [4.69, 9.17) is 9.84 Å². The van der Waals surface area contributed by atoms with Crippen LogP contribution in [-0.2, 0) is 19.6 Å². The molecular weight excluding hydrogens is 372 g/mol. The van der Waals surface area contributed by atoms with Crippen LogP contribution in [0.2, 0.25) is 0 Å². The number of hydrogen-bond donors (Lipinski definition) is 2. The summed E-state index contributed by atoms with van der Waals surface area (Å²) in [4.78, 5) is 22.7. The molecular formula is C18H26N2O6S. The van der Waals surface area contributed by atoms with Gasteiger partial charge >= 0.3 is 5.97 Å². The van der Waals surface area contributed by atoms with Gasteiger partial charge in [0, 0.05) is 31.6 Å². The van der Waals surface area contributed by atoms with Gasteiger partial charge in [-0.1, -0.05) is 12.8 Å². The number of nitrogens with one attached hydrogen (secondary N) is 1. The third-order valence-electron chi connectivity index (χ3n) is 4.33. The number of amides is 1. The summed E-state index contributed by atoms with van der Waals surface area (Å²) in [7, 11) is -3.56. The Kier molecular flexibility index (Phi) is 8.21. The molecule has 0 aliphatic carbocycles. The van der Waals surface area contributed by atoms with Gasteiger partial charge in [0.1, 0.15) is 0 Å². The van der Waals surface area contributed by atoms with Crippen LogP contribution in [0.15, 0.2) is 29.2 Å². The van der Waals surface area contributed by atoms with E-state index in [2.05, 4.69) is 5.32 Å². The smallest absolute Gasteiger partial charge is 0.303 e. The minimum Gasteiger partial charge on any atom is -0.481 e. The summed E-state index contributed by atoms with van der Waals surface area (Å²) in [6.07, 6.45) is 3.25. The molecule has 9 heteroatoms. The SMILES string of the molecule is O=C(O)CCCCCCNC(=O)c1ccc(S(=O)(=O)N2CCOCC2)cc1. The molecule has 1 aromatic carbocycles. The zero-order chi connectivity index (χ0) is 19.7. The molecule has 0 aromatic heterocycles. The lowest BCUT2D eigenvalue weighted by Crippen LogP contribution is -2.40. The molecule has 0 saturated carbocycles. The molecule has 0 unspecified atom stereocenters. The Morgan fingerprint density at radius 3 is 2.30 bits per heavy atom. The molecule has 0 spiro atoms. The first-order valence-corrected chi connectivity index (χ1v) is 10.5. The van der Waals surface area contributed by atoms with E-state index in [9.17, 15) is 18.0 Å². The van der Waals surface area contributed by atoms with E-state index < -0.39 is 16.0 Å². The molecule has 150 valence electrons. The highest BCUT2D eigenvalue weighted by Gasteiger charge is 2.26. The van der Waals surface area contributed by atoms with E-state index in [0.29, 0.717) is 44.8 Å². The van der Waals surface area contributed by atoms with Gasteiger partial charge in [-0.3, -0.25) is 9.59 Å². The molecule has 2 rings (SSSR count). The zero-order valence-electron chi connectivity index (χ0n) is 15.2. The van der Waals surface area contributed by atoms with Crippen molar-refractivity contribution < 1.29 is 27.9 Å². The topological polar surface area (TPSA) is 113 Å². The number of rotatable bonds is 10. The number of sulfonamides is 1. The molecule has 1 aromatic rings. The number of hydrogen-bond acceptors (Lipinski definition) is 5. The van der Waals surface area contributed by atoms with Crippen molar-refractivity contribution in [1.82, 2.24) is 9.62 Å². The molecule has 2 N–H and O–H groups in total. The molecule has 1 aliphatic rings. The van der Waals surface area contributed by atoms with E-state index in [0.717, 1.165) is 19.3 Å². The van der Waals surface area contributed by atoms with Crippen LogP contribution in [0.4, 0.5) is 0 Å². The minimum atomic E-state index is -3.56. The predicted octanol–water partition coefficient (Wildman–Crippen LogP) is 1.47. The van der Waals surface area contributed by atoms with Gasteiger partial charge in [0.25, 0.3) is 5.91 Å². The monoisotopic (exact) mass is 398 g/mol. The maximum absolute atomic E-state index is 12.5. The molecule has 1 heterocycles. The lowest BCUT2D eigenvalue weighted by atomic mass is 10.1. The molecule has 1 amide bonds. The Morgan fingerprint density at radius 2 is 1.67 bits per heavy atom. The fourth-order valence-electron chi connectivity index (χ4n) is 2.77. The highest BCUT2D eigenvalue weighted by Crippen LogP contribution is 2.17. The molecule has 8 nitrogen and oxygen atoms in total. The summed E-state index contributed by atoms with van der Waals surface area (Å²) < 4.78 is 31.6. The molecule has 27 heavy (non-hydrogen) atoms. The lowest BCUT2D eigenvalue weighted by molar-refractivity contribution is -0.137. The first-order chi connectivity index (χ1) is 12.9. The maximum atomic E-state index is 12.5. The molecule has 0 radical (unpaired) electrons. The van der Waals surface area contributed by atoms with Crippen LogP contribution in [0.1, 0.15) is 42.5 Å². The summed E-state index contributed by atoms with van der Waals surface area (Å²) in [5.74, 6) is -1.04. The zero-order valence-corrected chi connectivity index (χ0v) is 16.0. The number of carbonyl (C=O) groups is 2. The predicted molar refractivity (Wildman–Crippen MR) is 99.1 cm³/mol. The van der Waals surface area contributed by atoms with Crippen molar-refractivity contribution in [3.8, 4) is 0 Å². The molecule has 1 saturated heterocycles. The first kappa shape index (κ1) is 21.3. The van der Waals surface area contributed by atoms with Crippen molar-refractivity contribution in [1.29, 1.82) is 0 Å². The van der Waals surface area contributed by atoms with E-state index in [1.54, 1.807) is 0 Å². The van der Waals surface area contributed by atoms with Gasteiger partial charge in [-0.25, -0.2) is 8.42 Å². The van der Waals surface area contributed by atoms with E-state index in [-0.39, 0.29) is 17.2 Å².